The summed E-state index contributed by atoms with van der Waals surface area (Å²) in [6.07, 6.45) is 0. The van der Waals surface area contributed by atoms with Crippen molar-refractivity contribution in [1.29, 1.82) is 5.26 Å². The molecule has 0 spiro atoms. The van der Waals surface area contributed by atoms with Crippen molar-refractivity contribution in [3.63, 3.8) is 0 Å². The predicted octanol–water partition coefficient (Wildman–Crippen LogP) is 5.31. The summed E-state index contributed by atoms with van der Waals surface area (Å²) in [7, 11) is 0. The van der Waals surface area contributed by atoms with Crippen LogP contribution in [0.3, 0.4) is 0 Å². The molecule has 3 rings (SSSR count). The minimum Gasteiger partial charge on any atom is -0.436 e. The number of nitrogens with zero attached hydrogens (tertiary/aromatic N) is 2. The van der Waals surface area contributed by atoms with Crippen molar-refractivity contribution in [3.05, 3.63) is 63.6 Å². The molecular formula is C16H8BrClN2O. The number of para-hydroxylation sites is 1. The molecule has 3 aromatic rings. The lowest BCUT2D eigenvalue weighted by molar-refractivity contribution is 0.463. The summed E-state index contributed by atoms with van der Waals surface area (Å²) in [4.78, 5) is 4.39. The second-order valence-electron chi connectivity index (χ2n) is 4.32. The van der Waals surface area contributed by atoms with Gasteiger partial charge >= 0.3 is 0 Å². The average molecular weight is 360 g/mol. The number of benzene rings is 2. The van der Waals surface area contributed by atoms with Crippen LogP contribution in [0, 0.1) is 11.3 Å². The van der Waals surface area contributed by atoms with Crippen molar-refractivity contribution >= 4 is 38.4 Å². The van der Waals surface area contributed by atoms with Gasteiger partial charge in [-0.25, -0.2) is 4.98 Å². The number of rotatable bonds is 2. The smallest absolute Gasteiger partial charge is 0.237 e. The molecule has 0 unspecified atom stereocenters. The summed E-state index contributed by atoms with van der Waals surface area (Å²) in [6, 6.07) is 16.7. The zero-order valence-electron chi connectivity index (χ0n) is 10.7. The van der Waals surface area contributed by atoms with Crippen LogP contribution in [0.15, 0.2) is 53.0 Å². The lowest BCUT2D eigenvalue weighted by Gasteiger charge is -2.09. The molecule has 0 saturated heterocycles. The zero-order valence-corrected chi connectivity index (χ0v) is 13.0. The maximum atomic E-state index is 9.26. The van der Waals surface area contributed by atoms with Gasteiger partial charge in [0.05, 0.1) is 10.5 Å². The van der Waals surface area contributed by atoms with Crippen LogP contribution in [0.5, 0.6) is 11.6 Å². The van der Waals surface area contributed by atoms with Gasteiger partial charge in [0.2, 0.25) is 5.88 Å². The van der Waals surface area contributed by atoms with Gasteiger partial charge in [0.25, 0.3) is 0 Å². The summed E-state index contributed by atoms with van der Waals surface area (Å²) in [5.74, 6) is 0.708. The Morgan fingerprint density at radius 1 is 1.14 bits per heavy atom. The van der Waals surface area contributed by atoms with Crippen molar-refractivity contribution in [2.75, 3.05) is 0 Å². The molecule has 1 aromatic heterocycles. The van der Waals surface area contributed by atoms with Crippen molar-refractivity contribution in [1.82, 2.24) is 4.98 Å². The van der Waals surface area contributed by atoms with Gasteiger partial charge in [-0.3, -0.25) is 0 Å². The summed E-state index contributed by atoms with van der Waals surface area (Å²) >= 11 is 9.46. The normalized spacial score (nSPS) is 10.3. The monoisotopic (exact) mass is 358 g/mol. The highest BCUT2D eigenvalue weighted by atomic mass is 79.9. The first-order chi connectivity index (χ1) is 10.2. The van der Waals surface area contributed by atoms with E-state index in [9.17, 15) is 5.26 Å². The van der Waals surface area contributed by atoms with Crippen LogP contribution in [0.4, 0.5) is 0 Å². The Bertz CT molecular complexity index is 874. The van der Waals surface area contributed by atoms with Gasteiger partial charge in [-0.1, -0.05) is 45.7 Å². The number of halogens is 2. The maximum Gasteiger partial charge on any atom is 0.237 e. The second kappa shape index (κ2) is 5.72. The number of hydrogen-bond donors (Lipinski definition) is 0. The molecule has 0 atom stereocenters. The quantitative estimate of drug-likeness (QED) is 0.622. The van der Waals surface area contributed by atoms with E-state index in [4.69, 9.17) is 16.3 Å². The molecule has 0 fully saturated rings. The standard InChI is InChI=1S/C16H8BrClN2O/c17-12-5-6-15(13(18)8-12)21-16-11(9-19)7-10-3-1-2-4-14(10)20-16/h1-8H. The Kier molecular flexibility index (Phi) is 3.78. The summed E-state index contributed by atoms with van der Waals surface area (Å²) < 4.78 is 6.56. The van der Waals surface area contributed by atoms with Crippen molar-refractivity contribution < 1.29 is 4.74 Å². The van der Waals surface area contributed by atoms with Crippen LogP contribution in [0.2, 0.25) is 5.02 Å². The Morgan fingerprint density at radius 3 is 2.71 bits per heavy atom. The first-order valence-electron chi connectivity index (χ1n) is 6.10. The van der Waals surface area contributed by atoms with Crippen LogP contribution >= 0.6 is 27.5 Å². The highest BCUT2D eigenvalue weighted by Crippen LogP contribution is 2.33. The van der Waals surface area contributed by atoms with Crippen molar-refractivity contribution in [3.8, 4) is 17.7 Å². The Labute approximate surface area is 134 Å². The van der Waals surface area contributed by atoms with Gasteiger partial charge < -0.3 is 4.74 Å². The van der Waals surface area contributed by atoms with Gasteiger partial charge in [-0.15, -0.1) is 0 Å². The Hall–Kier alpha value is -2.09. The van der Waals surface area contributed by atoms with Gasteiger partial charge in [0.1, 0.15) is 17.4 Å². The Morgan fingerprint density at radius 2 is 1.95 bits per heavy atom. The zero-order chi connectivity index (χ0) is 14.8. The third-order valence-electron chi connectivity index (χ3n) is 2.91. The van der Waals surface area contributed by atoms with E-state index in [1.54, 1.807) is 18.2 Å². The molecule has 0 aliphatic rings. The molecule has 21 heavy (non-hydrogen) atoms. The number of fused-ring (bicyclic) bond motifs is 1. The summed E-state index contributed by atoms with van der Waals surface area (Å²) in [5, 5.41) is 10.6. The van der Waals surface area contributed by atoms with Gasteiger partial charge in [0, 0.05) is 9.86 Å². The van der Waals surface area contributed by atoms with Crippen LogP contribution in [0.1, 0.15) is 5.56 Å². The van der Waals surface area contributed by atoms with Crippen LogP contribution in [0.25, 0.3) is 10.9 Å². The minimum atomic E-state index is 0.250. The fourth-order valence-corrected chi connectivity index (χ4v) is 2.63. The predicted molar refractivity (Wildman–Crippen MR) is 85.7 cm³/mol. The number of nitriles is 1. The number of aromatic nitrogens is 1. The molecule has 0 saturated carbocycles. The lowest BCUT2D eigenvalue weighted by Crippen LogP contribution is -1.93. The number of pyridine rings is 1. The molecule has 0 bridgehead atoms. The summed E-state index contributed by atoms with van der Waals surface area (Å²) in [5.41, 5.74) is 1.13. The van der Waals surface area contributed by atoms with Crippen molar-refractivity contribution in [2.24, 2.45) is 0 Å². The first kappa shape index (κ1) is 13.9. The first-order valence-corrected chi connectivity index (χ1v) is 7.27. The van der Waals surface area contributed by atoms with Crippen molar-refractivity contribution in [2.45, 2.75) is 0 Å². The third kappa shape index (κ3) is 2.85. The second-order valence-corrected chi connectivity index (χ2v) is 5.65. The molecule has 102 valence electrons. The SMILES string of the molecule is N#Cc1cc2ccccc2nc1Oc1ccc(Br)cc1Cl. The minimum absolute atomic E-state index is 0.250. The molecular weight excluding hydrogens is 352 g/mol. The topological polar surface area (TPSA) is 45.9 Å². The van der Waals surface area contributed by atoms with E-state index in [1.165, 1.54) is 0 Å². The molecule has 0 aliphatic carbocycles. The van der Waals surface area contributed by atoms with E-state index >= 15 is 0 Å². The molecule has 0 amide bonds. The molecule has 1 heterocycles. The maximum absolute atomic E-state index is 9.26. The number of hydrogen-bond acceptors (Lipinski definition) is 3. The third-order valence-corrected chi connectivity index (χ3v) is 3.70. The summed E-state index contributed by atoms with van der Waals surface area (Å²) in [6.45, 7) is 0. The molecule has 3 nitrogen and oxygen atoms in total. The Balaban J connectivity index is 2.09. The molecule has 0 N–H and O–H groups in total. The largest absolute Gasteiger partial charge is 0.436 e. The van der Waals surface area contributed by atoms with E-state index < -0.39 is 0 Å². The fraction of sp³-hybridized carbons (Fsp3) is 0. The van der Waals surface area contributed by atoms with Gasteiger partial charge in [0.15, 0.2) is 0 Å². The molecule has 0 radical (unpaired) electrons. The highest BCUT2D eigenvalue weighted by Gasteiger charge is 2.11. The van der Waals surface area contributed by atoms with Crippen LogP contribution in [-0.2, 0) is 0 Å². The van der Waals surface area contributed by atoms with Crippen LogP contribution in [-0.4, -0.2) is 4.98 Å². The van der Waals surface area contributed by atoms with E-state index in [2.05, 4.69) is 27.0 Å². The van der Waals surface area contributed by atoms with Gasteiger partial charge in [-0.2, -0.15) is 5.26 Å². The average Bonchev–Trinajstić information content (AvgIpc) is 2.49. The lowest BCUT2D eigenvalue weighted by atomic mass is 10.1. The van der Waals surface area contributed by atoms with Gasteiger partial charge in [-0.05, 0) is 30.3 Å². The fourth-order valence-electron chi connectivity index (χ4n) is 1.92. The molecule has 5 heteroatoms. The highest BCUT2D eigenvalue weighted by molar-refractivity contribution is 9.10. The van der Waals surface area contributed by atoms with E-state index in [-0.39, 0.29) is 5.88 Å². The van der Waals surface area contributed by atoms with E-state index in [0.717, 1.165) is 15.4 Å². The van der Waals surface area contributed by atoms with E-state index in [0.29, 0.717) is 16.3 Å². The van der Waals surface area contributed by atoms with Crippen LogP contribution < -0.4 is 4.74 Å². The van der Waals surface area contributed by atoms with E-state index in [1.807, 2.05) is 30.3 Å². The number of ether oxygens (including phenoxy) is 1. The molecule has 0 aliphatic heterocycles. The molecule has 2 aromatic carbocycles.